The molecule has 0 aliphatic rings. The molecule has 0 saturated heterocycles. The lowest BCUT2D eigenvalue weighted by atomic mass is 10.0. The molecule has 0 aliphatic carbocycles. The van der Waals surface area contributed by atoms with Crippen LogP contribution in [0.5, 0.6) is 0 Å². The fourth-order valence-corrected chi connectivity index (χ4v) is 1.98. The molecule has 0 aromatic heterocycles. The molecule has 20 heavy (non-hydrogen) atoms. The molecule has 2 aromatic carbocycles. The molecule has 2 rings (SSSR count). The number of hydrogen-bond acceptors (Lipinski definition) is 2. The lowest BCUT2D eigenvalue weighted by molar-refractivity contribution is -0.116. The Bertz CT molecular complexity index is 626. The third-order valence-corrected chi connectivity index (χ3v) is 3.16. The molecule has 0 fully saturated rings. The van der Waals surface area contributed by atoms with Gasteiger partial charge in [0.25, 0.3) is 0 Å². The molecule has 4 heteroatoms. The van der Waals surface area contributed by atoms with Crippen LogP contribution >= 0.6 is 0 Å². The molecule has 0 saturated carbocycles. The lowest BCUT2D eigenvalue weighted by Gasteiger charge is -2.08. The predicted molar refractivity (Wildman–Crippen MR) is 78.9 cm³/mol. The molecule has 1 amide bonds. The van der Waals surface area contributed by atoms with Gasteiger partial charge in [0.2, 0.25) is 5.91 Å². The Kier molecular flexibility index (Phi) is 4.35. The van der Waals surface area contributed by atoms with Gasteiger partial charge in [-0.25, -0.2) is 4.39 Å². The number of carbonyl (C=O) groups excluding carboxylic acids is 1. The smallest absolute Gasteiger partial charge is 0.224 e. The number of rotatable bonds is 4. The highest BCUT2D eigenvalue weighted by Gasteiger charge is 2.06. The normalized spacial score (nSPS) is 10.3. The van der Waals surface area contributed by atoms with Crippen molar-refractivity contribution in [3.8, 4) is 0 Å². The average Bonchev–Trinajstić information content (AvgIpc) is 2.42. The highest BCUT2D eigenvalue weighted by atomic mass is 19.1. The van der Waals surface area contributed by atoms with Crippen LogP contribution in [0.3, 0.4) is 0 Å². The zero-order chi connectivity index (χ0) is 14.5. The maximum atomic E-state index is 13.0. The molecule has 0 aliphatic heterocycles. The van der Waals surface area contributed by atoms with Crippen LogP contribution in [-0.4, -0.2) is 5.91 Å². The molecule has 0 radical (unpaired) electrons. The summed E-state index contributed by atoms with van der Waals surface area (Å²) >= 11 is 0. The van der Waals surface area contributed by atoms with Gasteiger partial charge in [-0.05, 0) is 42.7 Å². The Morgan fingerprint density at radius 1 is 1.25 bits per heavy atom. The second kappa shape index (κ2) is 6.19. The first-order valence-corrected chi connectivity index (χ1v) is 6.45. The molecule has 3 nitrogen and oxygen atoms in total. The quantitative estimate of drug-likeness (QED) is 0.839. The Hall–Kier alpha value is -2.36. The van der Waals surface area contributed by atoms with Crippen molar-refractivity contribution >= 4 is 17.3 Å². The fraction of sp³-hybridized carbons (Fsp3) is 0.188. The molecule has 0 spiro atoms. The monoisotopic (exact) mass is 272 g/mol. The largest absolute Gasteiger partial charge is 0.396 e. The Morgan fingerprint density at radius 2 is 2.00 bits per heavy atom. The first-order valence-electron chi connectivity index (χ1n) is 6.45. The number of amides is 1. The molecule has 0 unspecified atom stereocenters. The summed E-state index contributed by atoms with van der Waals surface area (Å²) in [5, 5.41) is 2.71. The summed E-state index contributed by atoms with van der Waals surface area (Å²) in [5.41, 5.74) is 8.32. The molecule has 2 aromatic rings. The summed E-state index contributed by atoms with van der Waals surface area (Å²) < 4.78 is 13.0. The SMILES string of the molecule is Cc1ccccc1CCC(=O)Nc1ccc(F)c(N)c1. The number of benzene rings is 2. The van der Waals surface area contributed by atoms with Crippen LogP contribution in [0.25, 0.3) is 0 Å². The number of carbonyl (C=O) groups is 1. The minimum Gasteiger partial charge on any atom is -0.396 e. The maximum Gasteiger partial charge on any atom is 0.224 e. The number of nitrogens with two attached hydrogens (primary N) is 1. The van der Waals surface area contributed by atoms with Crippen molar-refractivity contribution in [3.05, 3.63) is 59.4 Å². The van der Waals surface area contributed by atoms with Crippen molar-refractivity contribution in [3.63, 3.8) is 0 Å². The van der Waals surface area contributed by atoms with Crippen molar-refractivity contribution in [2.24, 2.45) is 0 Å². The summed E-state index contributed by atoms with van der Waals surface area (Å²) in [7, 11) is 0. The minimum atomic E-state index is -0.483. The Balaban J connectivity index is 1.93. The van der Waals surface area contributed by atoms with Gasteiger partial charge in [-0.3, -0.25) is 4.79 Å². The molecular weight excluding hydrogens is 255 g/mol. The number of nitrogen functional groups attached to an aromatic ring is 1. The van der Waals surface area contributed by atoms with E-state index < -0.39 is 5.82 Å². The van der Waals surface area contributed by atoms with Crippen molar-refractivity contribution in [1.29, 1.82) is 0 Å². The number of nitrogens with one attached hydrogen (secondary N) is 1. The van der Waals surface area contributed by atoms with E-state index in [1.165, 1.54) is 23.8 Å². The lowest BCUT2D eigenvalue weighted by Crippen LogP contribution is -2.13. The highest BCUT2D eigenvalue weighted by molar-refractivity contribution is 5.91. The molecule has 0 bridgehead atoms. The first-order chi connectivity index (χ1) is 9.56. The van der Waals surface area contributed by atoms with Gasteiger partial charge < -0.3 is 11.1 Å². The van der Waals surface area contributed by atoms with Gasteiger partial charge in [0.15, 0.2) is 0 Å². The van der Waals surface area contributed by atoms with Crippen molar-refractivity contribution in [2.75, 3.05) is 11.1 Å². The van der Waals surface area contributed by atoms with E-state index in [0.717, 1.165) is 5.56 Å². The molecule has 104 valence electrons. The Morgan fingerprint density at radius 3 is 2.70 bits per heavy atom. The van der Waals surface area contributed by atoms with Crippen LogP contribution < -0.4 is 11.1 Å². The molecule has 0 atom stereocenters. The Labute approximate surface area is 117 Å². The summed E-state index contributed by atoms with van der Waals surface area (Å²) in [6.07, 6.45) is 1.05. The fourth-order valence-electron chi connectivity index (χ4n) is 1.98. The molecule has 3 N–H and O–H groups in total. The van der Waals surface area contributed by atoms with Crippen LogP contribution in [-0.2, 0) is 11.2 Å². The summed E-state index contributed by atoms with van der Waals surface area (Å²) in [6.45, 7) is 2.02. The van der Waals surface area contributed by atoms with Crippen LogP contribution in [0.2, 0.25) is 0 Å². The van der Waals surface area contributed by atoms with E-state index in [1.807, 2.05) is 31.2 Å². The van der Waals surface area contributed by atoms with Gasteiger partial charge in [-0.1, -0.05) is 24.3 Å². The minimum absolute atomic E-state index is 0.0294. The number of hydrogen-bond donors (Lipinski definition) is 2. The van der Waals surface area contributed by atoms with Gasteiger partial charge >= 0.3 is 0 Å². The molecular formula is C16H17FN2O. The van der Waals surface area contributed by atoms with E-state index in [-0.39, 0.29) is 11.6 Å². The van der Waals surface area contributed by atoms with Crippen LogP contribution in [0.1, 0.15) is 17.5 Å². The first kappa shape index (κ1) is 14.1. The predicted octanol–water partition coefficient (Wildman–Crippen LogP) is 3.29. The number of halogens is 1. The van der Waals surface area contributed by atoms with E-state index in [9.17, 15) is 9.18 Å². The van der Waals surface area contributed by atoms with Crippen molar-refractivity contribution < 1.29 is 9.18 Å². The zero-order valence-corrected chi connectivity index (χ0v) is 11.3. The second-order valence-corrected chi connectivity index (χ2v) is 4.71. The van der Waals surface area contributed by atoms with E-state index in [2.05, 4.69) is 5.32 Å². The molecule has 0 heterocycles. The van der Waals surface area contributed by atoms with Crippen molar-refractivity contribution in [2.45, 2.75) is 19.8 Å². The third kappa shape index (κ3) is 3.57. The zero-order valence-electron chi connectivity index (χ0n) is 11.3. The van der Waals surface area contributed by atoms with E-state index >= 15 is 0 Å². The summed E-state index contributed by atoms with van der Waals surface area (Å²) in [6, 6.07) is 12.1. The maximum absolute atomic E-state index is 13.0. The van der Waals surface area contributed by atoms with E-state index in [0.29, 0.717) is 18.5 Å². The van der Waals surface area contributed by atoms with Crippen molar-refractivity contribution in [1.82, 2.24) is 0 Å². The summed E-state index contributed by atoms with van der Waals surface area (Å²) in [4.78, 5) is 11.8. The topological polar surface area (TPSA) is 55.1 Å². The van der Waals surface area contributed by atoms with Gasteiger partial charge in [0, 0.05) is 12.1 Å². The second-order valence-electron chi connectivity index (χ2n) is 4.71. The van der Waals surface area contributed by atoms with Crippen LogP contribution in [0.4, 0.5) is 15.8 Å². The van der Waals surface area contributed by atoms with Crippen LogP contribution in [0.15, 0.2) is 42.5 Å². The van der Waals surface area contributed by atoms with E-state index in [1.54, 1.807) is 0 Å². The number of anilines is 2. The summed E-state index contributed by atoms with van der Waals surface area (Å²) in [5.74, 6) is -0.595. The average molecular weight is 272 g/mol. The standard InChI is InChI=1S/C16H17FN2O/c1-11-4-2-3-5-12(11)6-9-16(20)19-13-7-8-14(17)15(18)10-13/h2-5,7-8,10H,6,9,18H2,1H3,(H,19,20). The third-order valence-electron chi connectivity index (χ3n) is 3.16. The van der Waals surface area contributed by atoms with Gasteiger partial charge in [-0.2, -0.15) is 0 Å². The van der Waals surface area contributed by atoms with E-state index in [4.69, 9.17) is 5.73 Å². The highest BCUT2D eigenvalue weighted by Crippen LogP contribution is 2.17. The van der Waals surface area contributed by atoms with Gasteiger partial charge in [0.05, 0.1) is 5.69 Å². The number of aryl methyl sites for hydroxylation is 2. The van der Waals surface area contributed by atoms with Gasteiger partial charge in [-0.15, -0.1) is 0 Å². The van der Waals surface area contributed by atoms with Gasteiger partial charge in [0.1, 0.15) is 5.82 Å². The van der Waals surface area contributed by atoms with Crippen LogP contribution in [0, 0.1) is 12.7 Å².